The van der Waals surface area contributed by atoms with Crippen LogP contribution in [0.5, 0.6) is 5.88 Å². The molecule has 0 aliphatic heterocycles. The fourth-order valence-electron chi connectivity index (χ4n) is 1.64. The van der Waals surface area contributed by atoms with E-state index in [1.54, 1.807) is 0 Å². The van der Waals surface area contributed by atoms with Gasteiger partial charge in [-0.15, -0.1) is 0 Å². The molecule has 0 N–H and O–H groups in total. The first-order valence-corrected chi connectivity index (χ1v) is 6.76. The van der Waals surface area contributed by atoms with Crippen molar-refractivity contribution in [3.63, 3.8) is 0 Å². The molecule has 0 unspecified atom stereocenters. The maximum absolute atomic E-state index is 12.5. The summed E-state index contributed by atoms with van der Waals surface area (Å²) in [5.74, 6) is -1.49. The second-order valence-electron chi connectivity index (χ2n) is 4.42. The Labute approximate surface area is 137 Å². The van der Waals surface area contributed by atoms with Gasteiger partial charge in [0.25, 0.3) is 0 Å². The summed E-state index contributed by atoms with van der Waals surface area (Å²) in [5.41, 5.74) is 0.770. The summed E-state index contributed by atoms with van der Waals surface area (Å²) >= 11 is 5.62. The minimum absolute atomic E-state index is 0.0562. The minimum Gasteiger partial charge on any atom is -0.471 e. The second-order valence-corrected chi connectivity index (χ2v) is 4.81. The summed E-state index contributed by atoms with van der Waals surface area (Å²) in [7, 11) is 0. The number of pyridine rings is 1. The molecule has 0 atom stereocenters. The molecule has 3 heterocycles. The Morgan fingerprint density at radius 1 is 1.17 bits per heavy atom. The molecule has 7 nitrogen and oxygen atoms in total. The predicted octanol–water partition coefficient (Wildman–Crippen LogP) is 3.17. The van der Waals surface area contributed by atoms with Gasteiger partial charge in [0.05, 0.1) is 18.1 Å². The molecular formula is C13H7ClF3N5O2. The van der Waals surface area contributed by atoms with Gasteiger partial charge in [-0.1, -0.05) is 16.8 Å². The van der Waals surface area contributed by atoms with E-state index in [-0.39, 0.29) is 29.0 Å². The molecule has 3 aromatic rings. The van der Waals surface area contributed by atoms with Gasteiger partial charge in [0, 0.05) is 17.8 Å². The van der Waals surface area contributed by atoms with Gasteiger partial charge in [0.1, 0.15) is 11.8 Å². The van der Waals surface area contributed by atoms with Crippen LogP contribution in [-0.4, -0.2) is 25.1 Å². The summed E-state index contributed by atoms with van der Waals surface area (Å²) in [5, 5.41) is 3.54. The Hall–Kier alpha value is -2.75. The van der Waals surface area contributed by atoms with E-state index < -0.39 is 12.1 Å². The molecule has 0 saturated carbocycles. The van der Waals surface area contributed by atoms with Crippen molar-refractivity contribution in [2.24, 2.45) is 0 Å². The fraction of sp³-hybridized carbons (Fsp3) is 0.154. The van der Waals surface area contributed by atoms with Crippen molar-refractivity contribution >= 4 is 11.6 Å². The van der Waals surface area contributed by atoms with Crippen LogP contribution in [0.1, 0.15) is 11.6 Å². The monoisotopic (exact) mass is 357 g/mol. The second kappa shape index (κ2) is 6.40. The molecule has 3 rings (SSSR count). The van der Waals surface area contributed by atoms with Crippen molar-refractivity contribution in [2.45, 2.75) is 12.8 Å². The Balaban J connectivity index is 1.74. The van der Waals surface area contributed by atoms with Crippen LogP contribution in [0, 0.1) is 0 Å². The Morgan fingerprint density at radius 2 is 2.00 bits per heavy atom. The van der Waals surface area contributed by atoms with Crippen LogP contribution in [0.3, 0.4) is 0 Å². The van der Waals surface area contributed by atoms with Gasteiger partial charge in [0.2, 0.25) is 11.7 Å². The third-order valence-corrected chi connectivity index (χ3v) is 2.90. The molecular weight excluding hydrogens is 351 g/mol. The number of rotatable bonds is 4. The molecule has 0 spiro atoms. The molecule has 124 valence electrons. The quantitative estimate of drug-likeness (QED) is 0.708. The molecule has 0 fully saturated rings. The van der Waals surface area contributed by atoms with E-state index in [2.05, 4.69) is 29.6 Å². The summed E-state index contributed by atoms with van der Waals surface area (Å²) < 4.78 is 47.0. The zero-order valence-electron chi connectivity index (χ0n) is 11.7. The van der Waals surface area contributed by atoms with Crippen LogP contribution < -0.4 is 4.74 Å². The van der Waals surface area contributed by atoms with Crippen molar-refractivity contribution in [1.29, 1.82) is 0 Å². The SMILES string of the molecule is FC(F)(F)c1nc(-c2ccnc(OCc3cnc(Cl)cn3)c2)no1. The molecule has 3 aromatic heterocycles. The van der Waals surface area contributed by atoms with Gasteiger partial charge in [-0.3, -0.25) is 4.98 Å². The van der Waals surface area contributed by atoms with E-state index in [9.17, 15) is 13.2 Å². The topological polar surface area (TPSA) is 86.8 Å². The van der Waals surface area contributed by atoms with Crippen LogP contribution >= 0.6 is 11.6 Å². The minimum atomic E-state index is -4.70. The zero-order chi connectivity index (χ0) is 17.2. The van der Waals surface area contributed by atoms with Crippen LogP contribution in [0.15, 0.2) is 35.2 Å². The Morgan fingerprint density at radius 3 is 2.67 bits per heavy atom. The standard InChI is InChI=1S/C13H7ClF3N5O2/c14-9-5-19-8(4-20-9)6-23-10-3-7(1-2-18-10)11-21-12(24-22-11)13(15,16)17/h1-5H,6H2. The molecule has 24 heavy (non-hydrogen) atoms. The summed E-state index contributed by atoms with van der Waals surface area (Å²) in [6.45, 7) is 0.0562. The van der Waals surface area contributed by atoms with Gasteiger partial charge >= 0.3 is 12.1 Å². The predicted molar refractivity (Wildman–Crippen MR) is 73.9 cm³/mol. The smallest absolute Gasteiger partial charge is 0.471 e. The number of nitrogens with zero attached hydrogens (tertiary/aromatic N) is 5. The number of hydrogen-bond acceptors (Lipinski definition) is 7. The third kappa shape index (κ3) is 3.77. The maximum atomic E-state index is 12.5. The number of aromatic nitrogens is 5. The first-order chi connectivity index (χ1) is 11.4. The van der Waals surface area contributed by atoms with Crippen molar-refractivity contribution in [3.8, 4) is 17.3 Å². The third-order valence-electron chi connectivity index (χ3n) is 2.70. The molecule has 0 radical (unpaired) electrons. The normalized spacial score (nSPS) is 11.5. The van der Waals surface area contributed by atoms with Crippen LogP contribution in [0.4, 0.5) is 13.2 Å². The average molecular weight is 358 g/mol. The Bertz CT molecular complexity index is 838. The molecule has 0 bridgehead atoms. The number of ether oxygens (including phenoxy) is 1. The molecule has 0 aliphatic rings. The summed E-state index contributed by atoms with van der Waals surface area (Å²) in [6, 6.07) is 2.81. The van der Waals surface area contributed by atoms with Gasteiger partial charge in [-0.2, -0.15) is 18.2 Å². The molecule has 0 aromatic carbocycles. The van der Waals surface area contributed by atoms with Crippen molar-refractivity contribution < 1.29 is 22.4 Å². The van der Waals surface area contributed by atoms with Crippen LogP contribution in [0.2, 0.25) is 5.15 Å². The van der Waals surface area contributed by atoms with Crippen molar-refractivity contribution in [2.75, 3.05) is 0 Å². The number of hydrogen-bond donors (Lipinski definition) is 0. The zero-order valence-corrected chi connectivity index (χ0v) is 12.4. The van der Waals surface area contributed by atoms with E-state index in [4.69, 9.17) is 16.3 Å². The molecule has 11 heteroatoms. The van der Waals surface area contributed by atoms with E-state index >= 15 is 0 Å². The summed E-state index contributed by atoms with van der Waals surface area (Å²) in [6.07, 6.45) is -0.560. The van der Waals surface area contributed by atoms with E-state index in [0.717, 1.165) is 0 Å². The highest BCUT2D eigenvalue weighted by Crippen LogP contribution is 2.29. The lowest BCUT2D eigenvalue weighted by Gasteiger charge is -2.05. The first kappa shape index (κ1) is 16.1. The lowest BCUT2D eigenvalue weighted by Crippen LogP contribution is -2.04. The van der Waals surface area contributed by atoms with E-state index in [0.29, 0.717) is 5.69 Å². The molecule has 0 amide bonds. The van der Waals surface area contributed by atoms with Gasteiger partial charge in [0.15, 0.2) is 0 Å². The molecule has 0 aliphatic carbocycles. The molecule has 0 saturated heterocycles. The van der Waals surface area contributed by atoms with Crippen LogP contribution in [0.25, 0.3) is 11.4 Å². The number of halogens is 4. The number of alkyl halides is 3. The van der Waals surface area contributed by atoms with Gasteiger partial charge < -0.3 is 9.26 Å². The van der Waals surface area contributed by atoms with Gasteiger partial charge in [-0.25, -0.2) is 9.97 Å². The largest absolute Gasteiger partial charge is 0.471 e. The summed E-state index contributed by atoms with van der Waals surface area (Å²) in [4.78, 5) is 15.1. The highest BCUT2D eigenvalue weighted by Gasteiger charge is 2.38. The maximum Gasteiger partial charge on any atom is 0.471 e. The Kier molecular flexibility index (Phi) is 4.30. The van der Waals surface area contributed by atoms with Crippen LogP contribution in [-0.2, 0) is 12.8 Å². The fourth-order valence-corrected chi connectivity index (χ4v) is 1.74. The van der Waals surface area contributed by atoms with E-state index in [1.807, 2.05) is 0 Å². The first-order valence-electron chi connectivity index (χ1n) is 6.38. The highest BCUT2D eigenvalue weighted by atomic mass is 35.5. The van der Waals surface area contributed by atoms with Gasteiger partial charge in [-0.05, 0) is 6.07 Å². The lowest BCUT2D eigenvalue weighted by molar-refractivity contribution is -0.159. The lowest BCUT2D eigenvalue weighted by atomic mass is 10.2. The average Bonchev–Trinajstić information content (AvgIpc) is 3.05. The van der Waals surface area contributed by atoms with Crippen molar-refractivity contribution in [3.05, 3.63) is 47.5 Å². The highest BCUT2D eigenvalue weighted by molar-refractivity contribution is 6.29. The van der Waals surface area contributed by atoms with E-state index in [1.165, 1.54) is 30.7 Å². The van der Waals surface area contributed by atoms with Crippen molar-refractivity contribution in [1.82, 2.24) is 25.1 Å².